The summed E-state index contributed by atoms with van der Waals surface area (Å²) in [6, 6.07) is 5.86. The third-order valence-corrected chi connectivity index (χ3v) is 3.30. The molecule has 6 nitrogen and oxygen atoms in total. The molecule has 0 bridgehead atoms. The number of aromatic amines is 1. The van der Waals surface area contributed by atoms with Crippen LogP contribution in [0, 0.1) is 13.8 Å². The number of nitrogens with one attached hydrogen (secondary N) is 1. The minimum absolute atomic E-state index is 0.0942. The van der Waals surface area contributed by atoms with E-state index in [1.165, 1.54) is 6.20 Å². The molecule has 6 heteroatoms. The van der Waals surface area contributed by atoms with Crippen molar-refractivity contribution in [1.29, 1.82) is 0 Å². The summed E-state index contributed by atoms with van der Waals surface area (Å²) in [6.07, 6.45) is 1.48. The summed E-state index contributed by atoms with van der Waals surface area (Å²) in [4.78, 5) is 29.1. The summed E-state index contributed by atoms with van der Waals surface area (Å²) in [5.41, 5.74) is 2.07. The zero-order valence-electron chi connectivity index (χ0n) is 12.5. The first-order valence-corrected chi connectivity index (χ1v) is 6.95. The molecule has 2 aromatic rings. The van der Waals surface area contributed by atoms with Crippen molar-refractivity contribution in [1.82, 2.24) is 9.97 Å². The summed E-state index contributed by atoms with van der Waals surface area (Å²) in [5, 5.41) is 8.63. The number of aryl methyl sites for hydroxylation is 3. The highest BCUT2D eigenvalue weighted by Gasteiger charge is 2.08. The zero-order chi connectivity index (χ0) is 16.1. The van der Waals surface area contributed by atoms with Gasteiger partial charge in [-0.2, -0.15) is 0 Å². The van der Waals surface area contributed by atoms with E-state index in [9.17, 15) is 9.59 Å². The highest BCUT2D eigenvalue weighted by molar-refractivity contribution is 5.67. The molecule has 0 saturated heterocycles. The zero-order valence-corrected chi connectivity index (χ0v) is 12.5. The van der Waals surface area contributed by atoms with Crippen LogP contribution in [0.15, 0.2) is 29.2 Å². The van der Waals surface area contributed by atoms with Gasteiger partial charge in [-0.1, -0.05) is 18.2 Å². The van der Waals surface area contributed by atoms with E-state index in [0.717, 1.165) is 16.9 Å². The maximum absolute atomic E-state index is 11.9. The van der Waals surface area contributed by atoms with Crippen LogP contribution in [-0.4, -0.2) is 21.0 Å². The quantitative estimate of drug-likeness (QED) is 0.851. The lowest BCUT2D eigenvalue weighted by Crippen LogP contribution is -2.18. The van der Waals surface area contributed by atoms with E-state index in [-0.39, 0.29) is 25.0 Å². The number of hydrogen-bond donors (Lipinski definition) is 2. The fraction of sp³-hybridized carbons (Fsp3) is 0.312. The van der Waals surface area contributed by atoms with E-state index < -0.39 is 5.97 Å². The molecule has 0 aliphatic carbocycles. The van der Waals surface area contributed by atoms with Crippen molar-refractivity contribution in [3.8, 4) is 5.75 Å². The topological polar surface area (TPSA) is 92.3 Å². The number of carboxylic acid groups (broad SMARTS) is 1. The van der Waals surface area contributed by atoms with Gasteiger partial charge in [-0.05, 0) is 31.4 Å². The molecule has 2 rings (SSSR count). The summed E-state index contributed by atoms with van der Waals surface area (Å²) in [5.74, 6) is 0.244. The molecular weight excluding hydrogens is 284 g/mol. The number of aromatic nitrogens is 2. The fourth-order valence-electron chi connectivity index (χ4n) is 2.12. The molecule has 1 heterocycles. The largest absolute Gasteiger partial charge is 0.485 e. The van der Waals surface area contributed by atoms with Gasteiger partial charge in [0.05, 0.1) is 0 Å². The second-order valence-electron chi connectivity index (χ2n) is 5.09. The Labute approximate surface area is 127 Å². The Morgan fingerprint density at radius 1 is 1.32 bits per heavy atom. The molecule has 0 aliphatic rings. The second-order valence-corrected chi connectivity index (χ2v) is 5.09. The van der Waals surface area contributed by atoms with Crippen LogP contribution in [0.25, 0.3) is 0 Å². The lowest BCUT2D eigenvalue weighted by molar-refractivity contribution is -0.136. The normalized spacial score (nSPS) is 10.5. The highest BCUT2D eigenvalue weighted by Crippen LogP contribution is 2.22. The van der Waals surface area contributed by atoms with Gasteiger partial charge in [-0.3, -0.25) is 9.59 Å². The van der Waals surface area contributed by atoms with Crippen molar-refractivity contribution in [2.75, 3.05) is 0 Å². The first kappa shape index (κ1) is 15.8. The maximum Gasteiger partial charge on any atom is 0.303 e. The van der Waals surface area contributed by atoms with Gasteiger partial charge in [-0.25, -0.2) is 4.98 Å². The third kappa shape index (κ3) is 3.94. The van der Waals surface area contributed by atoms with E-state index in [0.29, 0.717) is 11.4 Å². The van der Waals surface area contributed by atoms with Crippen molar-refractivity contribution >= 4 is 5.97 Å². The predicted octanol–water partition coefficient (Wildman–Crippen LogP) is 1.98. The first-order valence-electron chi connectivity index (χ1n) is 6.95. The fourth-order valence-corrected chi connectivity index (χ4v) is 2.12. The Hall–Kier alpha value is -2.63. The van der Waals surface area contributed by atoms with Crippen molar-refractivity contribution in [2.45, 2.75) is 33.3 Å². The summed E-state index contributed by atoms with van der Waals surface area (Å²) in [7, 11) is 0. The molecule has 0 unspecified atom stereocenters. The Morgan fingerprint density at radius 2 is 2.00 bits per heavy atom. The number of nitrogens with zero attached hydrogens (tertiary/aromatic N) is 1. The molecule has 0 atom stereocenters. The van der Waals surface area contributed by atoms with Gasteiger partial charge in [0, 0.05) is 18.2 Å². The van der Waals surface area contributed by atoms with E-state index >= 15 is 0 Å². The number of ether oxygens (including phenoxy) is 1. The molecular formula is C16H18N2O4. The van der Waals surface area contributed by atoms with E-state index in [1.54, 1.807) is 0 Å². The van der Waals surface area contributed by atoms with Gasteiger partial charge < -0.3 is 14.8 Å². The number of carboxylic acids is 1. The summed E-state index contributed by atoms with van der Waals surface area (Å²) >= 11 is 0. The summed E-state index contributed by atoms with van der Waals surface area (Å²) < 4.78 is 5.72. The number of rotatable bonds is 6. The van der Waals surface area contributed by atoms with Crippen LogP contribution >= 0.6 is 0 Å². The lowest BCUT2D eigenvalue weighted by atomic mass is 10.1. The van der Waals surface area contributed by atoms with Crippen LogP contribution in [0.2, 0.25) is 0 Å². The molecule has 0 radical (unpaired) electrons. The van der Waals surface area contributed by atoms with Crippen molar-refractivity contribution in [2.24, 2.45) is 0 Å². The molecule has 0 aliphatic heterocycles. The van der Waals surface area contributed by atoms with Crippen LogP contribution in [0.1, 0.15) is 28.9 Å². The van der Waals surface area contributed by atoms with E-state index in [2.05, 4.69) is 9.97 Å². The Bertz CT molecular complexity index is 717. The molecule has 116 valence electrons. The predicted molar refractivity (Wildman–Crippen MR) is 81.1 cm³/mol. The number of benzene rings is 1. The number of aliphatic carboxylic acids is 1. The highest BCUT2D eigenvalue weighted by atomic mass is 16.5. The van der Waals surface area contributed by atoms with E-state index in [4.69, 9.17) is 9.84 Å². The molecule has 2 N–H and O–H groups in total. The van der Waals surface area contributed by atoms with Crippen LogP contribution in [-0.2, 0) is 17.8 Å². The van der Waals surface area contributed by atoms with Crippen molar-refractivity contribution in [3.63, 3.8) is 0 Å². The Balaban J connectivity index is 2.07. The SMILES string of the molecule is Cc1cccc(C)c1OCc1ncc(CCC(=O)O)c(=O)[nH]1. The van der Waals surface area contributed by atoms with E-state index in [1.807, 2.05) is 32.0 Å². The number of H-pyrrole nitrogens is 1. The first-order chi connectivity index (χ1) is 10.5. The van der Waals surface area contributed by atoms with Gasteiger partial charge in [0.2, 0.25) is 0 Å². The lowest BCUT2D eigenvalue weighted by Gasteiger charge is -2.11. The van der Waals surface area contributed by atoms with Gasteiger partial charge >= 0.3 is 5.97 Å². The van der Waals surface area contributed by atoms with Crippen LogP contribution in [0.4, 0.5) is 0 Å². The molecule has 0 spiro atoms. The number of hydrogen-bond acceptors (Lipinski definition) is 4. The third-order valence-electron chi connectivity index (χ3n) is 3.30. The Kier molecular flexibility index (Phi) is 4.93. The maximum atomic E-state index is 11.9. The van der Waals surface area contributed by atoms with Crippen molar-refractivity contribution in [3.05, 3.63) is 57.3 Å². The van der Waals surface area contributed by atoms with Crippen molar-refractivity contribution < 1.29 is 14.6 Å². The molecule has 1 aromatic carbocycles. The van der Waals surface area contributed by atoms with Gasteiger partial charge in [0.25, 0.3) is 5.56 Å². The molecule has 0 amide bonds. The molecule has 0 saturated carbocycles. The molecule has 22 heavy (non-hydrogen) atoms. The van der Waals surface area contributed by atoms with Crippen LogP contribution in [0.5, 0.6) is 5.75 Å². The van der Waals surface area contributed by atoms with Crippen LogP contribution in [0.3, 0.4) is 0 Å². The second kappa shape index (κ2) is 6.89. The summed E-state index contributed by atoms with van der Waals surface area (Å²) in [6.45, 7) is 4.06. The van der Waals surface area contributed by atoms with Crippen LogP contribution < -0.4 is 10.3 Å². The average Bonchev–Trinajstić information content (AvgIpc) is 2.45. The molecule has 0 fully saturated rings. The number of para-hydroxylation sites is 1. The van der Waals surface area contributed by atoms with Gasteiger partial charge in [-0.15, -0.1) is 0 Å². The average molecular weight is 302 g/mol. The number of carbonyl (C=O) groups is 1. The monoisotopic (exact) mass is 302 g/mol. The minimum atomic E-state index is -0.943. The standard InChI is InChI=1S/C16H18N2O4/c1-10-4-3-5-11(2)15(10)22-9-13-17-8-12(16(21)18-13)6-7-14(19)20/h3-5,8H,6-7,9H2,1-2H3,(H,19,20)(H,17,18,21). The minimum Gasteiger partial charge on any atom is -0.485 e. The van der Waals surface area contributed by atoms with Gasteiger partial charge in [0.1, 0.15) is 18.2 Å². The Morgan fingerprint density at radius 3 is 2.59 bits per heavy atom. The smallest absolute Gasteiger partial charge is 0.303 e. The molecule has 1 aromatic heterocycles. The van der Waals surface area contributed by atoms with Gasteiger partial charge in [0.15, 0.2) is 0 Å².